The summed E-state index contributed by atoms with van der Waals surface area (Å²) in [4.78, 5) is 18.7. The van der Waals surface area contributed by atoms with Gasteiger partial charge in [-0.2, -0.15) is 0 Å². The lowest BCUT2D eigenvalue weighted by Crippen LogP contribution is -2.41. The molecule has 2 rings (SSSR count). The molecule has 0 spiro atoms. The van der Waals surface area contributed by atoms with Gasteiger partial charge in [0.15, 0.2) is 5.96 Å². The van der Waals surface area contributed by atoms with Crippen LogP contribution >= 0.6 is 11.6 Å². The van der Waals surface area contributed by atoms with E-state index in [1.54, 1.807) is 24.3 Å². The fourth-order valence-electron chi connectivity index (χ4n) is 2.46. The first-order chi connectivity index (χ1) is 13.6. The molecule has 0 saturated carbocycles. The van der Waals surface area contributed by atoms with E-state index in [0.29, 0.717) is 36.8 Å². The highest BCUT2D eigenvalue weighted by molar-refractivity contribution is 6.33. The lowest BCUT2D eigenvalue weighted by atomic mass is 10.2. The van der Waals surface area contributed by atoms with E-state index in [1.165, 1.54) is 0 Å². The van der Waals surface area contributed by atoms with Gasteiger partial charge < -0.3 is 20.3 Å². The molecular formula is C21H27ClN4O2. The predicted molar refractivity (Wildman–Crippen MR) is 114 cm³/mol. The number of aliphatic imine (C=N–C) groups is 1. The van der Waals surface area contributed by atoms with Crippen LogP contribution in [0.1, 0.15) is 17.3 Å². The van der Waals surface area contributed by atoms with Crippen molar-refractivity contribution in [2.45, 2.75) is 6.92 Å². The quantitative estimate of drug-likeness (QED) is 0.384. The number of likely N-dealkylation sites (N-methyl/N-ethyl adjacent to an activating group) is 1. The van der Waals surface area contributed by atoms with Crippen LogP contribution < -0.4 is 15.4 Å². The van der Waals surface area contributed by atoms with Crippen LogP contribution in [0.3, 0.4) is 0 Å². The number of amides is 1. The maximum absolute atomic E-state index is 12.2. The summed E-state index contributed by atoms with van der Waals surface area (Å²) in [5.74, 6) is 1.42. The predicted octanol–water partition coefficient (Wildman–Crippen LogP) is 3.05. The van der Waals surface area contributed by atoms with Gasteiger partial charge in [0.25, 0.3) is 5.91 Å². The number of carbonyl (C=O) groups is 1. The molecular weight excluding hydrogens is 376 g/mol. The first kappa shape index (κ1) is 21.6. The number of benzene rings is 2. The molecule has 0 heterocycles. The standard InChI is InChI=1S/C21H27ClN4O2/c1-3-23-21(26(2)15-16-28-17-9-5-4-6-10-17)25-14-13-24-20(27)18-11-7-8-12-19(18)22/h4-12H,3,13-16H2,1-2H3,(H,23,25)(H,24,27). The molecule has 0 aliphatic heterocycles. The number of nitrogens with one attached hydrogen (secondary N) is 2. The zero-order valence-corrected chi connectivity index (χ0v) is 17.1. The number of ether oxygens (including phenoxy) is 1. The Hall–Kier alpha value is -2.73. The van der Waals surface area contributed by atoms with Gasteiger partial charge in [-0.05, 0) is 31.2 Å². The largest absolute Gasteiger partial charge is 0.492 e. The first-order valence-corrected chi connectivity index (χ1v) is 9.69. The van der Waals surface area contributed by atoms with Crippen LogP contribution in [0.2, 0.25) is 5.02 Å². The number of halogens is 1. The maximum atomic E-state index is 12.2. The molecule has 0 bridgehead atoms. The van der Waals surface area contributed by atoms with E-state index in [0.717, 1.165) is 18.3 Å². The van der Waals surface area contributed by atoms with Crippen molar-refractivity contribution in [1.29, 1.82) is 0 Å². The maximum Gasteiger partial charge on any atom is 0.252 e. The van der Waals surface area contributed by atoms with Gasteiger partial charge in [-0.25, -0.2) is 0 Å². The highest BCUT2D eigenvalue weighted by atomic mass is 35.5. The van der Waals surface area contributed by atoms with Crippen LogP contribution in [0.15, 0.2) is 59.6 Å². The summed E-state index contributed by atoms with van der Waals surface area (Å²) in [6, 6.07) is 16.7. The normalized spacial score (nSPS) is 11.0. The third-order valence-electron chi connectivity index (χ3n) is 3.91. The molecule has 2 aromatic carbocycles. The number of hydrogen-bond donors (Lipinski definition) is 2. The van der Waals surface area contributed by atoms with Crippen LogP contribution in [0.25, 0.3) is 0 Å². The summed E-state index contributed by atoms with van der Waals surface area (Å²) >= 11 is 6.04. The van der Waals surface area contributed by atoms with Crippen molar-refractivity contribution in [2.24, 2.45) is 4.99 Å². The van der Waals surface area contributed by atoms with Gasteiger partial charge in [-0.15, -0.1) is 0 Å². The summed E-state index contributed by atoms with van der Waals surface area (Å²) in [5, 5.41) is 6.53. The lowest BCUT2D eigenvalue weighted by molar-refractivity contribution is 0.0955. The van der Waals surface area contributed by atoms with Gasteiger partial charge in [0.05, 0.1) is 23.7 Å². The number of nitrogens with zero attached hydrogens (tertiary/aromatic N) is 2. The van der Waals surface area contributed by atoms with Crippen molar-refractivity contribution in [3.05, 3.63) is 65.2 Å². The number of carbonyl (C=O) groups excluding carboxylic acids is 1. The molecule has 28 heavy (non-hydrogen) atoms. The van der Waals surface area contributed by atoms with Crippen molar-refractivity contribution in [2.75, 3.05) is 39.8 Å². The van der Waals surface area contributed by atoms with Crippen LogP contribution in [0.4, 0.5) is 0 Å². The average Bonchev–Trinajstić information content (AvgIpc) is 2.71. The van der Waals surface area contributed by atoms with Crippen LogP contribution in [-0.4, -0.2) is 56.6 Å². The van der Waals surface area contributed by atoms with E-state index in [4.69, 9.17) is 16.3 Å². The number of para-hydroxylation sites is 1. The van der Waals surface area contributed by atoms with Crippen LogP contribution in [0.5, 0.6) is 5.75 Å². The number of rotatable bonds is 9. The lowest BCUT2D eigenvalue weighted by Gasteiger charge is -2.22. The molecule has 2 aromatic rings. The van der Waals surface area contributed by atoms with Gasteiger partial charge >= 0.3 is 0 Å². The highest BCUT2D eigenvalue weighted by Gasteiger charge is 2.09. The zero-order valence-electron chi connectivity index (χ0n) is 16.3. The third kappa shape index (κ3) is 7.12. The minimum Gasteiger partial charge on any atom is -0.492 e. The molecule has 6 nitrogen and oxygen atoms in total. The average molecular weight is 403 g/mol. The molecule has 0 radical (unpaired) electrons. The first-order valence-electron chi connectivity index (χ1n) is 9.32. The molecule has 0 aliphatic rings. The second-order valence-corrected chi connectivity index (χ2v) is 6.46. The summed E-state index contributed by atoms with van der Waals surface area (Å²) in [7, 11) is 1.96. The Balaban J connectivity index is 1.78. The Labute approximate surface area is 171 Å². The van der Waals surface area contributed by atoms with E-state index in [1.807, 2.05) is 49.2 Å². The number of guanidine groups is 1. The van der Waals surface area contributed by atoms with E-state index in [2.05, 4.69) is 15.6 Å². The molecule has 0 aromatic heterocycles. The minimum absolute atomic E-state index is 0.199. The van der Waals surface area contributed by atoms with Crippen molar-refractivity contribution in [1.82, 2.24) is 15.5 Å². The van der Waals surface area contributed by atoms with Crippen molar-refractivity contribution >= 4 is 23.5 Å². The monoisotopic (exact) mass is 402 g/mol. The Morgan fingerprint density at radius 3 is 2.54 bits per heavy atom. The van der Waals surface area contributed by atoms with E-state index < -0.39 is 0 Å². The van der Waals surface area contributed by atoms with Gasteiger partial charge in [0.1, 0.15) is 12.4 Å². The molecule has 0 aliphatic carbocycles. The summed E-state index contributed by atoms with van der Waals surface area (Å²) < 4.78 is 5.73. The van der Waals surface area contributed by atoms with Crippen molar-refractivity contribution in [3.63, 3.8) is 0 Å². The Morgan fingerprint density at radius 1 is 1.11 bits per heavy atom. The fraction of sp³-hybridized carbons (Fsp3) is 0.333. The van der Waals surface area contributed by atoms with E-state index in [9.17, 15) is 4.79 Å². The SMILES string of the molecule is CCNC(=NCCNC(=O)c1ccccc1Cl)N(C)CCOc1ccccc1. The smallest absolute Gasteiger partial charge is 0.252 e. The van der Waals surface area contributed by atoms with Gasteiger partial charge in [0, 0.05) is 20.1 Å². The van der Waals surface area contributed by atoms with Gasteiger partial charge in [0.2, 0.25) is 0 Å². The minimum atomic E-state index is -0.199. The van der Waals surface area contributed by atoms with Gasteiger partial charge in [-0.3, -0.25) is 9.79 Å². The Bertz CT molecular complexity index is 768. The Kier molecular flexibility index (Phi) is 9.15. The van der Waals surface area contributed by atoms with Crippen molar-refractivity contribution < 1.29 is 9.53 Å². The molecule has 0 saturated heterocycles. The molecule has 7 heteroatoms. The molecule has 0 atom stereocenters. The molecule has 0 fully saturated rings. The van der Waals surface area contributed by atoms with E-state index in [-0.39, 0.29) is 5.91 Å². The zero-order chi connectivity index (χ0) is 20.2. The van der Waals surface area contributed by atoms with Crippen LogP contribution in [-0.2, 0) is 0 Å². The molecule has 1 amide bonds. The Morgan fingerprint density at radius 2 is 1.82 bits per heavy atom. The van der Waals surface area contributed by atoms with E-state index >= 15 is 0 Å². The second kappa shape index (κ2) is 11.9. The summed E-state index contributed by atoms with van der Waals surface area (Å²) in [6.07, 6.45) is 0. The highest BCUT2D eigenvalue weighted by Crippen LogP contribution is 2.14. The second-order valence-electron chi connectivity index (χ2n) is 6.05. The molecule has 150 valence electrons. The molecule has 2 N–H and O–H groups in total. The number of hydrogen-bond acceptors (Lipinski definition) is 3. The fourth-order valence-corrected chi connectivity index (χ4v) is 2.69. The topological polar surface area (TPSA) is 66.0 Å². The van der Waals surface area contributed by atoms with Crippen molar-refractivity contribution in [3.8, 4) is 5.75 Å². The van der Waals surface area contributed by atoms with Crippen LogP contribution in [0, 0.1) is 0 Å². The van der Waals surface area contributed by atoms with Gasteiger partial charge in [-0.1, -0.05) is 41.9 Å². The third-order valence-corrected chi connectivity index (χ3v) is 4.24. The summed E-state index contributed by atoms with van der Waals surface area (Å²) in [6.45, 7) is 4.90. The summed E-state index contributed by atoms with van der Waals surface area (Å²) in [5.41, 5.74) is 0.468. The molecule has 0 unspecified atom stereocenters.